The maximum Gasteiger partial charge on any atom is 0.275 e. The first-order valence-electron chi connectivity index (χ1n) is 7.17. The second-order valence-corrected chi connectivity index (χ2v) is 5.26. The average molecular weight is 299 g/mol. The number of carbonyl (C=O) groups is 1. The monoisotopic (exact) mass is 299 g/mol. The molecule has 2 rings (SSSR count). The molecule has 1 heterocycles. The third-order valence-electron chi connectivity index (χ3n) is 3.40. The molecule has 0 saturated heterocycles. The Hall–Kier alpha value is -2.40. The predicted octanol–water partition coefficient (Wildman–Crippen LogP) is 1.90. The van der Waals surface area contributed by atoms with Gasteiger partial charge in [-0.1, -0.05) is 24.3 Å². The van der Waals surface area contributed by atoms with Crippen LogP contribution in [0.15, 0.2) is 47.1 Å². The number of nitrogens with zero attached hydrogens (tertiary/aromatic N) is 3. The highest BCUT2D eigenvalue weighted by atomic mass is 16.3. The minimum atomic E-state index is -0.167. The topological polar surface area (TPSA) is 56.1 Å². The van der Waals surface area contributed by atoms with E-state index in [1.165, 1.54) is 5.01 Å². The summed E-state index contributed by atoms with van der Waals surface area (Å²) in [5, 5.41) is 14.3. The summed E-state index contributed by atoms with van der Waals surface area (Å²) in [6.45, 7) is 1.92. The van der Waals surface area contributed by atoms with Crippen molar-refractivity contribution in [3.05, 3.63) is 47.6 Å². The summed E-state index contributed by atoms with van der Waals surface area (Å²) in [5.41, 5.74) is 3.44. The minimum absolute atomic E-state index is 0.0934. The van der Waals surface area contributed by atoms with Gasteiger partial charge in [0.1, 0.15) is 0 Å². The molecule has 1 N–H and O–H groups in total. The number of benzene rings is 1. The van der Waals surface area contributed by atoms with Crippen molar-refractivity contribution < 1.29 is 9.90 Å². The highest BCUT2D eigenvalue weighted by Crippen LogP contribution is 2.16. The average Bonchev–Trinajstić information content (AvgIpc) is 2.75. The van der Waals surface area contributed by atoms with E-state index >= 15 is 0 Å². The van der Waals surface area contributed by atoms with Crippen molar-refractivity contribution in [3.8, 4) is 0 Å². The van der Waals surface area contributed by atoms with Crippen LogP contribution in [0.4, 0.5) is 5.69 Å². The van der Waals surface area contributed by atoms with E-state index < -0.39 is 0 Å². The Labute approximate surface area is 130 Å². The van der Waals surface area contributed by atoms with Crippen molar-refractivity contribution in [1.29, 1.82) is 0 Å². The third-order valence-corrected chi connectivity index (χ3v) is 3.40. The number of aliphatic hydroxyl groups excluding tert-OH is 1. The third kappa shape index (κ3) is 3.62. The molecule has 1 aromatic carbocycles. The van der Waals surface area contributed by atoms with Crippen LogP contribution < -0.4 is 4.90 Å². The fourth-order valence-corrected chi connectivity index (χ4v) is 2.15. The quantitative estimate of drug-likeness (QED) is 0.845. The molecule has 1 aliphatic rings. The van der Waals surface area contributed by atoms with Gasteiger partial charge in [-0.3, -0.25) is 4.79 Å². The summed E-state index contributed by atoms with van der Waals surface area (Å²) < 4.78 is 0. The fourth-order valence-electron chi connectivity index (χ4n) is 2.15. The maximum atomic E-state index is 12.1. The SMILES string of the molecule is CC1=NN(CCO)C(=O)C1=CC=Cc1ccc(N(C)C)cc1. The minimum Gasteiger partial charge on any atom is -0.394 e. The largest absolute Gasteiger partial charge is 0.394 e. The molecule has 0 atom stereocenters. The van der Waals surface area contributed by atoms with Gasteiger partial charge >= 0.3 is 0 Å². The highest BCUT2D eigenvalue weighted by Gasteiger charge is 2.25. The number of aliphatic hydroxyl groups is 1. The van der Waals surface area contributed by atoms with Crippen LogP contribution in [0, 0.1) is 0 Å². The number of β-amino-alcohol motifs (C(OH)–C–C–N with tert-alkyl or cyclic N) is 1. The Balaban J connectivity index is 2.08. The van der Waals surface area contributed by atoms with Gasteiger partial charge in [-0.15, -0.1) is 0 Å². The first kappa shape index (κ1) is 16.0. The van der Waals surface area contributed by atoms with Gasteiger partial charge in [-0.2, -0.15) is 5.10 Å². The molecule has 0 fully saturated rings. The van der Waals surface area contributed by atoms with Crippen LogP contribution in [0.25, 0.3) is 6.08 Å². The molecule has 5 heteroatoms. The van der Waals surface area contributed by atoms with Crippen molar-refractivity contribution in [2.24, 2.45) is 5.10 Å². The smallest absolute Gasteiger partial charge is 0.275 e. The molecule has 0 bridgehead atoms. The van der Waals surface area contributed by atoms with Crippen molar-refractivity contribution in [2.75, 3.05) is 32.1 Å². The lowest BCUT2D eigenvalue weighted by Gasteiger charge is -2.11. The molecule has 22 heavy (non-hydrogen) atoms. The van der Waals surface area contributed by atoms with Gasteiger partial charge in [0.15, 0.2) is 0 Å². The van der Waals surface area contributed by atoms with E-state index in [4.69, 9.17) is 5.11 Å². The summed E-state index contributed by atoms with van der Waals surface area (Å²) in [5.74, 6) is -0.167. The molecule has 116 valence electrons. The van der Waals surface area contributed by atoms with Crippen LogP contribution in [0.5, 0.6) is 0 Å². The second-order valence-electron chi connectivity index (χ2n) is 5.26. The lowest BCUT2D eigenvalue weighted by atomic mass is 10.1. The zero-order chi connectivity index (χ0) is 16.1. The van der Waals surface area contributed by atoms with E-state index in [0.717, 1.165) is 11.3 Å². The number of hydrazone groups is 1. The van der Waals surface area contributed by atoms with Gasteiger partial charge in [0.05, 0.1) is 24.4 Å². The number of carbonyl (C=O) groups excluding carboxylic acids is 1. The van der Waals surface area contributed by atoms with Gasteiger partial charge in [-0.25, -0.2) is 5.01 Å². The lowest BCUT2D eigenvalue weighted by Crippen LogP contribution is -2.25. The van der Waals surface area contributed by atoms with Gasteiger partial charge in [-0.05, 0) is 30.7 Å². The molecule has 1 aromatic rings. The van der Waals surface area contributed by atoms with Crippen molar-refractivity contribution in [2.45, 2.75) is 6.92 Å². The number of anilines is 1. The number of hydrogen-bond acceptors (Lipinski definition) is 4. The zero-order valence-corrected chi connectivity index (χ0v) is 13.2. The zero-order valence-electron chi connectivity index (χ0n) is 13.2. The van der Waals surface area contributed by atoms with Crippen LogP contribution in [-0.4, -0.2) is 49.0 Å². The lowest BCUT2D eigenvalue weighted by molar-refractivity contribution is -0.126. The van der Waals surface area contributed by atoms with E-state index in [0.29, 0.717) is 11.3 Å². The molecular formula is C17H21N3O2. The molecule has 0 radical (unpaired) electrons. The molecule has 5 nitrogen and oxygen atoms in total. The van der Waals surface area contributed by atoms with Crippen LogP contribution in [0.2, 0.25) is 0 Å². The number of rotatable bonds is 5. The summed E-state index contributed by atoms with van der Waals surface area (Å²) in [4.78, 5) is 14.1. The van der Waals surface area contributed by atoms with E-state index in [2.05, 4.69) is 5.10 Å². The first-order chi connectivity index (χ1) is 10.5. The van der Waals surface area contributed by atoms with Crippen molar-refractivity contribution in [1.82, 2.24) is 5.01 Å². The Kier molecular flexibility index (Phi) is 5.12. The van der Waals surface area contributed by atoms with E-state index in [-0.39, 0.29) is 19.1 Å². The van der Waals surface area contributed by atoms with Crippen LogP contribution in [-0.2, 0) is 4.79 Å². The van der Waals surface area contributed by atoms with Crippen LogP contribution in [0.1, 0.15) is 12.5 Å². The molecule has 1 aliphatic heterocycles. The Bertz CT molecular complexity index is 628. The number of hydrogen-bond donors (Lipinski definition) is 1. The first-order valence-corrected chi connectivity index (χ1v) is 7.17. The molecule has 0 unspecified atom stereocenters. The van der Waals surface area contributed by atoms with Crippen molar-refractivity contribution >= 4 is 23.4 Å². The van der Waals surface area contributed by atoms with Gasteiger partial charge < -0.3 is 10.0 Å². The van der Waals surface area contributed by atoms with Gasteiger partial charge in [0.25, 0.3) is 5.91 Å². The highest BCUT2D eigenvalue weighted by molar-refractivity contribution is 6.24. The molecule has 0 aromatic heterocycles. The number of allylic oxidation sites excluding steroid dienone is 2. The summed E-state index contributed by atoms with van der Waals surface area (Å²) in [6.07, 6.45) is 5.56. The Morgan fingerprint density at radius 2 is 1.95 bits per heavy atom. The van der Waals surface area contributed by atoms with E-state index in [1.54, 1.807) is 13.0 Å². The molecule has 1 amide bonds. The second kappa shape index (κ2) is 7.04. The summed E-state index contributed by atoms with van der Waals surface area (Å²) in [7, 11) is 4.00. The summed E-state index contributed by atoms with van der Waals surface area (Å²) in [6, 6.07) is 8.14. The van der Waals surface area contributed by atoms with Crippen LogP contribution in [0.3, 0.4) is 0 Å². The molecular weight excluding hydrogens is 278 g/mol. The molecule has 0 aliphatic carbocycles. The van der Waals surface area contributed by atoms with Gasteiger partial charge in [0, 0.05) is 19.8 Å². The Morgan fingerprint density at radius 1 is 1.27 bits per heavy atom. The van der Waals surface area contributed by atoms with Gasteiger partial charge in [0.2, 0.25) is 0 Å². The standard InChI is InChI=1S/C17H21N3O2/c1-13-16(17(22)20(18-13)11-12-21)6-4-5-14-7-9-15(10-8-14)19(2)3/h4-10,21H,11-12H2,1-3H3. The van der Waals surface area contributed by atoms with Crippen LogP contribution >= 0.6 is 0 Å². The normalized spacial score (nSPS) is 16.7. The van der Waals surface area contributed by atoms with Crippen molar-refractivity contribution in [3.63, 3.8) is 0 Å². The number of amides is 1. The van der Waals surface area contributed by atoms with E-state index in [9.17, 15) is 4.79 Å². The summed E-state index contributed by atoms with van der Waals surface area (Å²) >= 11 is 0. The Morgan fingerprint density at radius 3 is 2.55 bits per heavy atom. The van der Waals surface area contributed by atoms with E-state index in [1.807, 2.05) is 55.4 Å². The maximum absolute atomic E-state index is 12.1. The predicted molar refractivity (Wildman–Crippen MR) is 89.8 cm³/mol. The molecule has 0 spiro atoms. The fraction of sp³-hybridized carbons (Fsp3) is 0.294. The molecule has 0 saturated carbocycles.